The third-order valence-electron chi connectivity index (χ3n) is 3.55. The molecule has 0 spiro atoms. The molecule has 3 rings (SSSR count). The minimum Gasteiger partial charge on any atom is -0.352 e. The van der Waals surface area contributed by atoms with Crippen molar-refractivity contribution < 1.29 is 4.79 Å². The zero-order chi connectivity index (χ0) is 15.9. The Morgan fingerprint density at radius 1 is 1.13 bits per heavy atom. The summed E-state index contributed by atoms with van der Waals surface area (Å²) in [6, 6.07) is 13.7. The van der Waals surface area contributed by atoms with Crippen molar-refractivity contribution in [3.05, 3.63) is 78.5 Å². The Kier molecular flexibility index (Phi) is 4.79. The first-order valence-corrected chi connectivity index (χ1v) is 7.59. The quantitative estimate of drug-likeness (QED) is 0.712. The number of hydrogen-bond acceptors (Lipinski definition) is 3. The average Bonchev–Trinajstić information content (AvgIpc) is 3.14. The highest BCUT2D eigenvalue weighted by atomic mass is 16.1. The summed E-state index contributed by atoms with van der Waals surface area (Å²) in [4.78, 5) is 20.4. The molecule has 0 saturated carbocycles. The van der Waals surface area contributed by atoms with Crippen LogP contribution in [0.1, 0.15) is 22.3 Å². The van der Waals surface area contributed by atoms with Crippen LogP contribution in [-0.2, 0) is 6.42 Å². The van der Waals surface area contributed by atoms with Gasteiger partial charge in [-0.25, -0.2) is 9.97 Å². The molecule has 116 valence electrons. The third kappa shape index (κ3) is 4.03. The Balaban J connectivity index is 1.53. The molecule has 0 bridgehead atoms. The van der Waals surface area contributed by atoms with Crippen LogP contribution in [0.3, 0.4) is 0 Å². The molecule has 2 aromatic heterocycles. The number of rotatable bonds is 6. The Hall–Kier alpha value is -2.95. The van der Waals surface area contributed by atoms with Crippen LogP contribution in [0, 0.1) is 0 Å². The molecule has 0 aliphatic heterocycles. The summed E-state index contributed by atoms with van der Waals surface area (Å²) < 4.78 is 1.77. The molecule has 0 radical (unpaired) electrons. The molecule has 0 saturated heterocycles. The van der Waals surface area contributed by atoms with Crippen molar-refractivity contribution in [1.82, 2.24) is 19.9 Å². The van der Waals surface area contributed by atoms with Crippen molar-refractivity contribution in [3.63, 3.8) is 0 Å². The van der Waals surface area contributed by atoms with E-state index >= 15 is 0 Å². The van der Waals surface area contributed by atoms with Crippen molar-refractivity contribution in [2.45, 2.75) is 12.8 Å². The third-order valence-corrected chi connectivity index (χ3v) is 3.55. The van der Waals surface area contributed by atoms with Gasteiger partial charge in [-0.05, 0) is 30.5 Å². The molecule has 0 aliphatic rings. The predicted octanol–water partition coefficient (Wildman–Crippen LogP) is 2.63. The van der Waals surface area contributed by atoms with E-state index < -0.39 is 0 Å². The number of benzene rings is 1. The summed E-state index contributed by atoms with van der Waals surface area (Å²) in [6.45, 7) is 0.649. The Labute approximate surface area is 135 Å². The van der Waals surface area contributed by atoms with E-state index in [2.05, 4.69) is 27.4 Å². The summed E-state index contributed by atoms with van der Waals surface area (Å²) >= 11 is 0. The molecule has 3 aromatic rings. The molecule has 1 aromatic carbocycles. The second-order valence-electron chi connectivity index (χ2n) is 5.22. The Bertz CT molecular complexity index is 754. The lowest BCUT2D eigenvalue weighted by atomic mass is 10.1. The maximum atomic E-state index is 12.2. The first-order valence-electron chi connectivity index (χ1n) is 7.59. The summed E-state index contributed by atoms with van der Waals surface area (Å²) in [7, 11) is 0. The summed E-state index contributed by atoms with van der Waals surface area (Å²) in [6.07, 6.45) is 8.63. The van der Waals surface area contributed by atoms with Crippen LogP contribution in [0.2, 0.25) is 0 Å². The second kappa shape index (κ2) is 7.35. The Morgan fingerprint density at radius 2 is 2.00 bits per heavy atom. The average molecular weight is 306 g/mol. The van der Waals surface area contributed by atoms with Crippen LogP contribution in [0.15, 0.2) is 67.4 Å². The molecule has 2 heterocycles. The van der Waals surface area contributed by atoms with Crippen LogP contribution >= 0.6 is 0 Å². The van der Waals surface area contributed by atoms with E-state index in [0.29, 0.717) is 17.9 Å². The van der Waals surface area contributed by atoms with Crippen molar-refractivity contribution in [3.8, 4) is 5.82 Å². The molecule has 0 aliphatic carbocycles. The standard InChI is InChI=1S/C18H18N4O/c23-18(21-9-4-7-15-5-2-1-3-6-15)16-8-10-20-17(13-16)22-12-11-19-14-22/h1-3,5-6,8,10-14H,4,7,9H2,(H,21,23). The highest BCUT2D eigenvalue weighted by Crippen LogP contribution is 2.07. The highest BCUT2D eigenvalue weighted by molar-refractivity contribution is 5.94. The molecular formula is C18H18N4O. The van der Waals surface area contributed by atoms with Gasteiger partial charge in [0.05, 0.1) is 0 Å². The molecule has 0 atom stereocenters. The van der Waals surface area contributed by atoms with Gasteiger partial charge in [-0.1, -0.05) is 30.3 Å². The zero-order valence-electron chi connectivity index (χ0n) is 12.7. The number of pyridine rings is 1. The highest BCUT2D eigenvalue weighted by Gasteiger charge is 2.07. The molecule has 0 fully saturated rings. The van der Waals surface area contributed by atoms with E-state index in [1.165, 1.54) is 5.56 Å². The van der Waals surface area contributed by atoms with Crippen LogP contribution in [0.4, 0.5) is 0 Å². The van der Waals surface area contributed by atoms with Crippen LogP contribution < -0.4 is 5.32 Å². The van der Waals surface area contributed by atoms with Crippen molar-refractivity contribution in [2.24, 2.45) is 0 Å². The molecule has 1 amide bonds. The minimum atomic E-state index is -0.0816. The van der Waals surface area contributed by atoms with Gasteiger partial charge >= 0.3 is 0 Å². The minimum absolute atomic E-state index is 0.0816. The Morgan fingerprint density at radius 3 is 2.78 bits per heavy atom. The maximum absolute atomic E-state index is 12.2. The number of aryl methyl sites for hydroxylation is 1. The van der Waals surface area contributed by atoms with Gasteiger partial charge in [-0.2, -0.15) is 0 Å². The van der Waals surface area contributed by atoms with E-state index in [0.717, 1.165) is 12.8 Å². The van der Waals surface area contributed by atoms with E-state index in [-0.39, 0.29) is 5.91 Å². The molecule has 1 N–H and O–H groups in total. The fourth-order valence-corrected chi connectivity index (χ4v) is 2.34. The van der Waals surface area contributed by atoms with Gasteiger partial charge < -0.3 is 5.32 Å². The number of aromatic nitrogens is 3. The molecule has 23 heavy (non-hydrogen) atoms. The fourth-order valence-electron chi connectivity index (χ4n) is 2.34. The number of nitrogens with one attached hydrogen (secondary N) is 1. The number of amides is 1. The topological polar surface area (TPSA) is 59.8 Å². The van der Waals surface area contributed by atoms with Crippen molar-refractivity contribution in [1.29, 1.82) is 0 Å². The van der Waals surface area contributed by atoms with Crippen molar-refractivity contribution in [2.75, 3.05) is 6.54 Å². The lowest BCUT2D eigenvalue weighted by molar-refractivity contribution is 0.0953. The van der Waals surface area contributed by atoms with Crippen LogP contribution in [0.5, 0.6) is 0 Å². The van der Waals surface area contributed by atoms with Crippen LogP contribution in [0.25, 0.3) is 5.82 Å². The smallest absolute Gasteiger partial charge is 0.251 e. The van der Waals surface area contributed by atoms with Gasteiger partial charge in [0.1, 0.15) is 12.1 Å². The molecular weight excluding hydrogens is 288 g/mol. The van der Waals surface area contributed by atoms with Gasteiger partial charge in [0.25, 0.3) is 5.91 Å². The number of hydrogen-bond donors (Lipinski definition) is 1. The zero-order valence-corrected chi connectivity index (χ0v) is 12.7. The summed E-state index contributed by atoms with van der Waals surface area (Å²) in [5.74, 6) is 0.598. The van der Waals surface area contributed by atoms with Gasteiger partial charge in [0.2, 0.25) is 0 Å². The summed E-state index contributed by atoms with van der Waals surface area (Å²) in [5.41, 5.74) is 1.89. The predicted molar refractivity (Wildman–Crippen MR) is 88.5 cm³/mol. The van der Waals surface area contributed by atoms with Gasteiger partial charge in [0, 0.05) is 30.7 Å². The largest absolute Gasteiger partial charge is 0.352 e. The van der Waals surface area contributed by atoms with Crippen molar-refractivity contribution >= 4 is 5.91 Å². The lowest BCUT2D eigenvalue weighted by Crippen LogP contribution is -2.25. The monoisotopic (exact) mass is 306 g/mol. The maximum Gasteiger partial charge on any atom is 0.251 e. The SMILES string of the molecule is O=C(NCCCc1ccccc1)c1ccnc(-n2ccnc2)c1. The number of carbonyl (C=O) groups excluding carboxylic acids is 1. The van der Waals surface area contributed by atoms with Crippen LogP contribution in [-0.4, -0.2) is 27.0 Å². The lowest BCUT2D eigenvalue weighted by Gasteiger charge is -2.07. The number of carbonyl (C=O) groups is 1. The van der Waals surface area contributed by atoms with E-state index in [1.54, 1.807) is 41.6 Å². The normalized spacial score (nSPS) is 10.4. The van der Waals surface area contributed by atoms with E-state index in [9.17, 15) is 4.79 Å². The molecule has 0 unspecified atom stereocenters. The molecule has 5 heteroatoms. The van der Waals surface area contributed by atoms with E-state index in [4.69, 9.17) is 0 Å². The second-order valence-corrected chi connectivity index (χ2v) is 5.22. The molecule has 5 nitrogen and oxygen atoms in total. The van der Waals surface area contributed by atoms with Gasteiger partial charge in [-0.3, -0.25) is 9.36 Å². The fraction of sp³-hybridized carbons (Fsp3) is 0.167. The first-order chi connectivity index (χ1) is 11.3. The van der Waals surface area contributed by atoms with Gasteiger partial charge in [0.15, 0.2) is 0 Å². The van der Waals surface area contributed by atoms with E-state index in [1.807, 2.05) is 18.2 Å². The number of nitrogens with zero attached hydrogens (tertiary/aromatic N) is 3. The summed E-state index contributed by atoms with van der Waals surface area (Å²) in [5, 5.41) is 2.95. The number of imidazole rings is 1. The first kappa shape index (κ1) is 15.0. The van der Waals surface area contributed by atoms with Gasteiger partial charge in [-0.15, -0.1) is 0 Å².